The van der Waals surface area contributed by atoms with Crippen LogP contribution in [0.25, 0.3) is 12.2 Å². The Hall–Kier alpha value is -3.92. The second-order valence-electron chi connectivity index (χ2n) is 8.15. The molecule has 0 saturated carbocycles. The van der Waals surface area contributed by atoms with E-state index in [1.165, 1.54) is 24.0 Å². The van der Waals surface area contributed by atoms with Gasteiger partial charge in [0.2, 0.25) is 5.89 Å². The highest BCUT2D eigenvalue weighted by atomic mass is 19.4. The maximum atomic E-state index is 12.6. The number of alkyl halides is 3. The predicted octanol–water partition coefficient (Wildman–Crippen LogP) is 5.55. The Bertz CT molecular complexity index is 1260. The van der Waals surface area contributed by atoms with Crippen LogP contribution in [-0.2, 0) is 32.4 Å². The molecule has 0 fully saturated rings. The van der Waals surface area contributed by atoms with Crippen LogP contribution in [-0.4, -0.2) is 25.1 Å². The molecule has 4 rings (SSSR count). The molecule has 0 aliphatic rings. The fourth-order valence-corrected chi connectivity index (χ4v) is 3.45. The van der Waals surface area contributed by atoms with Crippen molar-refractivity contribution in [3.63, 3.8) is 0 Å². The van der Waals surface area contributed by atoms with E-state index in [2.05, 4.69) is 15.3 Å². The number of benzene rings is 2. The van der Waals surface area contributed by atoms with Crippen molar-refractivity contribution in [2.24, 2.45) is 0 Å². The molecule has 188 valence electrons. The molecule has 0 spiro atoms. The SMILES string of the molecule is OCc1cn(CCCCc2ccc(OCc3coc(/C=C/c4ccc(C(F)(F)F)cc4)n3)cc2)nn1. The molecule has 0 saturated heterocycles. The molecule has 0 radical (unpaired) electrons. The molecule has 0 aliphatic heterocycles. The van der Waals surface area contributed by atoms with Gasteiger partial charge in [-0.25, -0.2) is 4.98 Å². The Morgan fingerprint density at radius 3 is 2.44 bits per heavy atom. The van der Waals surface area contributed by atoms with Crippen LogP contribution in [0.2, 0.25) is 0 Å². The second kappa shape index (κ2) is 11.7. The first-order valence-electron chi connectivity index (χ1n) is 11.4. The molecule has 0 unspecified atom stereocenters. The highest BCUT2D eigenvalue weighted by molar-refractivity contribution is 5.66. The van der Waals surface area contributed by atoms with Crippen LogP contribution in [0.4, 0.5) is 13.2 Å². The lowest BCUT2D eigenvalue weighted by Crippen LogP contribution is -2.03. The number of hydrogen-bond donors (Lipinski definition) is 1. The molecule has 0 aliphatic carbocycles. The summed E-state index contributed by atoms with van der Waals surface area (Å²) in [5.74, 6) is 1.05. The second-order valence-corrected chi connectivity index (χ2v) is 8.15. The maximum Gasteiger partial charge on any atom is 0.416 e. The van der Waals surface area contributed by atoms with Gasteiger partial charge < -0.3 is 14.3 Å². The van der Waals surface area contributed by atoms with Crippen molar-refractivity contribution >= 4 is 12.2 Å². The molecule has 0 atom stereocenters. The quantitative estimate of drug-likeness (QED) is 0.273. The molecule has 2 heterocycles. The van der Waals surface area contributed by atoms with Crippen LogP contribution in [0.3, 0.4) is 0 Å². The zero-order valence-electron chi connectivity index (χ0n) is 19.4. The highest BCUT2D eigenvalue weighted by Crippen LogP contribution is 2.29. The minimum absolute atomic E-state index is 0.102. The highest BCUT2D eigenvalue weighted by Gasteiger charge is 2.29. The largest absolute Gasteiger partial charge is 0.487 e. The van der Waals surface area contributed by atoms with E-state index in [0.717, 1.165) is 37.9 Å². The number of rotatable bonds is 11. The summed E-state index contributed by atoms with van der Waals surface area (Å²) in [7, 11) is 0. The Kier molecular flexibility index (Phi) is 8.17. The third kappa shape index (κ3) is 7.29. The fourth-order valence-electron chi connectivity index (χ4n) is 3.45. The van der Waals surface area contributed by atoms with Gasteiger partial charge in [-0.2, -0.15) is 13.2 Å². The Morgan fingerprint density at radius 1 is 0.972 bits per heavy atom. The van der Waals surface area contributed by atoms with Crippen LogP contribution in [0.5, 0.6) is 5.75 Å². The smallest absolute Gasteiger partial charge is 0.416 e. The maximum absolute atomic E-state index is 12.6. The van der Waals surface area contributed by atoms with Gasteiger partial charge in [-0.1, -0.05) is 29.5 Å². The van der Waals surface area contributed by atoms with Crippen LogP contribution in [0, 0.1) is 0 Å². The third-order valence-electron chi connectivity index (χ3n) is 5.39. The van der Waals surface area contributed by atoms with Gasteiger partial charge >= 0.3 is 6.18 Å². The van der Waals surface area contributed by atoms with Crippen LogP contribution >= 0.6 is 0 Å². The van der Waals surface area contributed by atoms with E-state index in [1.54, 1.807) is 23.0 Å². The number of aliphatic hydroxyl groups is 1. The van der Waals surface area contributed by atoms with Crippen molar-refractivity contribution in [3.05, 3.63) is 95.0 Å². The van der Waals surface area contributed by atoms with Crippen LogP contribution in [0.15, 0.2) is 65.4 Å². The number of aromatic nitrogens is 4. The zero-order valence-corrected chi connectivity index (χ0v) is 19.4. The summed E-state index contributed by atoms with van der Waals surface area (Å²) in [6.07, 6.45) is 4.98. The number of halogens is 3. The number of hydrogen-bond acceptors (Lipinski definition) is 6. The molecule has 36 heavy (non-hydrogen) atoms. The minimum atomic E-state index is -4.36. The van der Waals surface area contributed by atoms with Crippen molar-refractivity contribution in [2.75, 3.05) is 0 Å². The number of oxazole rings is 1. The number of unbranched alkanes of at least 4 members (excludes halogenated alkanes) is 1. The number of ether oxygens (including phenoxy) is 1. The molecule has 7 nitrogen and oxygen atoms in total. The fraction of sp³-hybridized carbons (Fsp3) is 0.269. The molecule has 2 aromatic heterocycles. The lowest BCUT2D eigenvalue weighted by Gasteiger charge is -2.06. The van der Waals surface area contributed by atoms with Gasteiger partial charge in [-0.05, 0) is 60.7 Å². The van der Waals surface area contributed by atoms with Crippen molar-refractivity contribution in [1.29, 1.82) is 0 Å². The molecule has 2 aromatic carbocycles. The molecular weight excluding hydrogens is 473 g/mol. The van der Waals surface area contributed by atoms with E-state index in [-0.39, 0.29) is 13.2 Å². The summed E-state index contributed by atoms with van der Waals surface area (Å²) in [6.45, 7) is 0.882. The monoisotopic (exact) mass is 498 g/mol. The molecule has 10 heteroatoms. The minimum Gasteiger partial charge on any atom is -0.487 e. The summed E-state index contributed by atoms with van der Waals surface area (Å²) in [5, 5.41) is 16.8. The molecular formula is C26H25F3N4O3. The van der Waals surface area contributed by atoms with Gasteiger partial charge in [0.25, 0.3) is 0 Å². The van der Waals surface area contributed by atoms with Crippen molar-refractivity contribution < 1.29 is 27.4 Å². The van der Waals surface area contributed by atoms with Gasteiger partial charge in [-0.15, -0.1) is 5.10 Å². The number of aliphatic hydroxyl groups excluding tert-OH is 1. The van der Waals surface area contributed by atoms with Gasteiger partial charge in [-0.3, -0.25) is 4.68 Å². The standard InChI is InChI=1S/C26H25F3N4O3/c27-26(28,29)21-9-4-20(5-10-21)8-13-25-30-23(18-36-25)17-35-24-11-6-19(7-12-24)3-1-2-14-33-15-22(16-34)31-32-33/h4-13,15,18,34H,1-3,14,16-17H2/b13-8+. The van der Waals surface area contributed by atoms with Crippen molar-refractivity contribution in [2.45, 2.75) is 45.2 Å². The Morgan fingerprint density at radius 2 is 1.75 bits per heavy atom. The lowest BCUT2D eigenvalue weighted by molar-refractivity contribution is -0.137. The predicted molar refractivity (Wildman–Crippen MR) is 127 cm³/mol. The van der Waals surface area contributed by atoms with E-state index in [1.807, 2.05) is 24.3 Å². The Labute approximate surface area is 205 Å². The molecule has 4 aromatic rings. The summed E-state index contributed by atoms with van der Waals surface area (Å²) >= 11 is 0. The van der Waals surface area contributed by atoms with E-state index in [4.69, 9.17) is 14.3 Å². The van der Waals surface area contributed by atoms with E-state index in [0.29, 0.717) is 28.6 Å². The van der Waals surface area contributed by atoms with Gasteiger partial charge in [0.1, 0.15) is 30.0 Å². The van der Waals surface area contributed by atoms with Gasteiger partial charge in [0.15, 0.2) is 0 Å². The number of aryl methyl sites for hydroxylation is 2. The van der Waals surface area contributed by atoms with E-state index < -0.39 is 11.7 Å². The van der Waals surface area contributed by atoms with Crippen molar-refractivity contribution in [1.82, 2.24) is 20.0 Å². The topological polar surface area (TPSA) is 86.2 Å². The average Bonchev–Trinajstić information content (AvgIpc) is 3.54. The summed E-state index contributed by atoms with van der Waals surface area (Å²) in [5.41, 5.74) is 2.29. The lowest BCUT2D eigenvalue weighted by atomic mass is 10.1. The van der Waals surface area contributed by atoms with Crippen LogP contribution in [0.1, 0.15) is 46.8 Å². The van der Waals surface area contributed by atoms with E-state index >= 15 is 0 Å². The van der Waals surface area contributed by atoms with E-state index in [9.17, 15) is 13.2 Å². The van der Waals surface area contributed by atoms with Crippen LogP contribution < -0.4 is 4.74 Å². The summed E-state index contributed by atoms with van der Waals surface area (Å²) in [6, 6.07) is 12.7. The normalized spacial score (nSPS) is 11.9. The van der Waals surface area contributed by atoms with Crippen molar-refractivity contribution in [3.8, 4) is 5.75 Å². The first-order valence-corrected chi connectivity index (χ1v) is 11.4. The number of nitrogens with zero attached hydrogens (tertiary/aromatic N) is 4. The van der Waals surface area contributed by atoms with Gasteiger partial charge in [0, 0.05) is 12.6 Å². The Balaban J connectivity index is 1.19. The molecule has 0 amide bonds. The summed E-state index contributed by atoms with van der Waals surface area (Å²) in [4.78, 5) is 4.31. The molecule has 0 bridgehead atoms. The third-order valence-corrected chi connectivity index (χ3v) is 5.39. The average molecular weight is 499 g/mol. The zero-order chi connectivity index (χ0) is 25.4. The molecule has 1 N–H and O–H groups in total. The van der Waals surface area contributed by atoms with Gasteiger partial charge in [0.05, 0.1) is 18.4 Å². The first-order chi connectivity index (χ1) is 17.4. The summed E-state index contributed by atoms with van der Waals surface area (Å²) < 4.78 is 50.8. The first kappa shape index (κ1) is 25.2.